The fourth-order valence-electron chi connectivity index (χ4n) is 13.1. The predicted molar refractivity (Wildman–Crippen MR) is 204 cm³/mol. The molecule has 7 rings (SSSR count). The number of aliphatic hydroxyl groups excluding tert-OH is 8. The largest absolute Gasteiger partial charge is 0.467 e. The van der Waals surface area contributed by atoms with Crippen LogP contribution in [0.4, 0.5) is 0 Å². The molecule has 3 saturated carbocycles. The Kier molecular flexibility index (Phi) is 11.1. The van der Waals surface area contributed by atoms with Gasteiger partial charge in [0.2, 0.25) is 0 Å². The molecule has 0 spiro atoms. The molecule has 2 aliphatic heterocycles. The lowest BCUT2D eigenvalue weighted by molar-refractivity contribution is -0.376. The summed E-state index contributed by atoms with van der Waals surface area (Å²) in [4.78, 5) is 12.8. The van der Waals surface area contributed by atoms with Gasteiger partial charge in [0, 0.05) is 17.3 Å². The summed E-state index contributed by atoms with van der Waals surface area (Å²) in [7, 11) is 1.11. The van der Waals surface area contributed by atoms with E-state index in [0.29, 0.717) is 0 Å². The van der Waals surface area contributed by atoms with E-state index in [1.165, 1.54) is 11.1 Å². The summed E-state index contributed by atoms with van der Waals surface area (Å²) in [5, 5.41) is 87.7. The second-order valence-corrected chi connectivity index (χ2v) is 20.8. The third kappa shape index (κ3) is 6.37. The second-order valence-electron chi connectivity index (χ2n) is 20.8. The molecule has 0 aromatic rings. The molecule has 19 unspecified atom stereocenters. The minimum Gasteiger partial charge on any atom is -0.467 e. The van der Waals surface area contributed by atoms with E-state index >= 15 is 0 Å². The van der Waals surface area contributed by atoms with Crippen LogP contribution < -0.4 is 0 Å². The first-order valence-corrected chi connectivity index (χ1v) is 20.9. The first kappa shape index (κ1) is 43.6. The van der Waals surface area contributed by atoms with Crippen LogP contribution in [-0.4, -0.2) is 140 Å². The first-order valence-electron chi connectivity index (χ1n) is 20.9. The Bertz CT molecular complexity index is 1610. The van der Waals surface area contributed by atoms with Gasteiger partial charge in [-0.15, -0.1) is 0 Å². The van der Waals surface area contributed by atoms with E-state index in [4.69, 9.17) is 23.7 Å². The number of hydrogen-bond acceptors (Lipinski definition) is 14. The molecular weight excluding hydrogens is 740 g/mol. The quantitative estimate of drug-likeness (QED) is 0.142. The van der Waals surface area contributed by atoms with Gasteiger partial charge in [-0.2, -0.15) is 0 Å². The molecule has 57 heavy (non-hydrogen) atoms. The Morgan fingerprint density at radius 2 is 1.49 bits per heavy atom. The number of methoxy groups -OCH3 is 1. The van der Waals surface area contributed by atoms with E-state index in [1.54, 1.807) is 0 Å². The molecule has 14 nitrogen and oxygen atoms in total. The van der Waals surface area contributed by atoms with Crippen LogP contribution in [0, 0.1) is 44.3 Å². The Labute approximate surface area is 336 Å². The van der Waals surface area contributed by atoms with E-state index < -0.39 is 103 Å². The number of allylic oxidation sites excluding steroid dienone is 3. The van der Waals surface area contributed by atoms with Crippen molar-refractivity contribution in [3.05, 3.63) is 23.3 Å². The Hall–Kier alpha value is -1.53. The highest BCUT2D eigenvalue weighted by Crippen LogP contribution is 2.74. The molecule has 0 aromatic heterocycles. The minimum atomic E-state index is -1.85. The normalized spacial score (nSPS) is 52.9. The lowest BCUT2D eigenvalue weighted by Gasteiger charge is -2.70. The fourth-order valence-corrected chi connectivity index (χ4v) is 13.1. The number of carbonyl (C=O) groups excluding carboxylic acids is 1. The molecule has 0 bridgehead atoms. The summed E-state index contributed by atoms with van der Waals surface area (Å²) in [6, 6.07) is 0. The SMILES string of the molecule is COC(=O)C1OC(OC2CC(O)C3(C)C(CCC4(C)C3C=CC3=C5CC(C)(C)CC(O)C5(C)CCC34C)C2(C)C)C(OC2OC(CO)C(O)C(O)C2O)C(O)C1O. The summed E-state index contributed by atoms with van der Waals surface area (Å²) >= 11 is 0. The van der Waals surface area contributed by atoms with Gasteiger partial charge < -0.3 is 64.5 Å². The average molecular weight is 809 g/mol. The van der Waals surface area contributed by atoms with Crippen LogP contribution in [0.15, 0.2) is 23.3 Å². The van der Waals surface area contributed by atoms with Crippen molar-refractivity contribution in [2.45, 2.75) is 180 Å². The number of hydrogen-bond donors (Lipinski definition) is 8. The Morgan fingerprint density at radius 1 is 0.807 bits per heavy atom. The summed E-state index contributed by atoms with van der Waals surface area (Å²) in [6.45, 7) is 17.2. The topological polar surface area (TPSA) is 225 Å². The zero-order chi connectivity index (χ0) is 42.0. The van der Waals surface area contributed by atoms with E-state index in [1.807, 2.05) is 0 Å². The molecule has 0 aromatic carbocycles. The molecule has 7 aliphatic rings. The number of carbonyl (C=O) groups is 1. The fraction of sp³-hybridized carbons (Fsp3) is 0.884. The number of ether oxygens (including phenoxy) is 5. The number of rotatable bonds is 6. The van der Waals surface area contributed by atoms with Crippen LogP contribution in [0.25, 0.3) is 0 Å². The maximum absolute atomic E-state index is 12.8. The molecule has 14 heteroatoms. The van der Waals surface area contributed by atoms with Crippen LogP contribution in [0.1, 0.15) is 100 Å². The number of aliphatic hydroxyl groups is 8. The van der Waals surface area contributed by atoms with Crippen molar-refractivity contribution in [1.82, 2.24) is 0 Å². The smallest absolute Gasteiger partial charge is 0.337 e. The molecule has 2 heterocycles. The molecule has 8 N–H and O–H groups in total. The lowest BCUT2D eigenvalue weighted by Crippen LogP contribution is -2.69. The van der Waals surface area contributed by atoms with Gasteiger partial charge in [-0.05, 0) is 77.6 Å². The second kappa shape index (κ2) is 14.5. The van der Waals surface area contributed by atoms with E-state index in [-0.39, 0.29) is 39.9 Å². The van der Waals surface area contributed by atoms with Crippen molar-refractivity contribution in [1.29, 1.82) is 0 Å². The zero-order valence-corrected chi connectivity index (χ0v) is 35.0. The molecule has 5 fully saturated rings. The highest BCUT2D eigenvalue weighted by molar-refractivity contribution is 5.75. The number of esters is 1. The molecule has 0 amide bonds. The van der Waals surface area contributed by atoms with Crippen LogP contribution in [0.2, 0.25) is 0 Å². The van der Waals surface area contributed by atoms with Gasteiger partial charge in [0.05, 0.1) is 32.0 Å². The summed E-state index contributed by atoms with van der Waals surface area (Å²) in [5.41, 5.74) is 0.884. The van der Waals surface area contributed by atoms with Crippen molar-refractivity contribution >= 4 is 5.97 Å². The minimum absolute atomic E-state index is 0.00748. The zero-order valence-electron chi connectivity index (χ0n) is 35.0. The van der Waals surface area contributed by atoms with Crippen molar-refractivity contribution in [3.8, 4) is 0 Å². The van der Waals surface area contributed by atoms with Gasteiger partial charge in [-0.3, -0.25) is 0 Å². The molecule has 5 aliphatic carbocycles. The Balaban J connectivity index is 1.20. The molecule has 2 saturated heterocycles. The number of fused-ring (bicyclic) bond motifs is 6. The van der Waals surface area contributed by atoms with Crippen LogP contribution in [-0.2, 0) is 28.5 Å². The lowest BCUT2D eigenvalue weighted by atomic mass is 9.35. The molecule has 19 atom stereocenters. The monoisotopic (exact) mass is 808 g/mol. The average Bonchev–Trinajstić information content (AvgIpc) is 3.14. The van der Waals surface area contributed by atoms with E-state index in [2.05, 4.69) is 67.5 Å². The van der Waals surface area contributed by atoms with Crippen molar-refractivity contribution in [2.24, 2.45) is 44.3 Å². The molecule has 0 radical (unpaired) electrons. The standard InChI is InChI=1S/C43H68O14/c1-38(2)17-21-20-10-11-24-42(7,41(20,6)15-14-40(21,5)26(46)18-38)13-12-23-39(3,4)27(16-25(45)43(23,24)8)55-37-34(31(50)30(49)33(56-37)35(52)53-9)57-36-32(51)29(48)28(47)22(19-44)54-36/h10-11,22-34,36-37,44-51H,12-19H2,1-9H3. The van der Waals surface area contributed by atoms with Gasteiger partial charge in [0.15, 0.2) is 18.7 Å². The highest BCUT2D eigenvalue weighted by Gasteiger charge is 2.70. The van der Waals surface area contributed by atoms with Crippen LogP contribution in [0.5, 0.6) is 0 Å². The van der Waals surface area contributed by atoms with Crippen molar-refractivity contribution in [2.75, 3.05) is 13.7 Å². The summed E-state index contributed by atoms with van der Waals surface area (Å²) in [6.07, 6.45) is -8.75. The Morgan fingerprint density at radius 3 is 2.14 bits per heavy atom. The van der Waals surface area contributed by atoms with Crippen molar-refractivity contribution < 1.29 is 69.3 Å². The molecular formula is C43H68O14. The van der Waals surface area contributed by atoms with Crippen LogP contribution >= 0.6 is 0 Å². The van der Waals surface area contributed by atoms with E-state index in [9.17, 15) is 45.6 Å². The van der Waals surface area contributed by atoms with Gasteiger partial charge in [0.25, 0.3) is 0 Å². The third-order valence-electron chi connectivity index (χ3n) is 17.0. The maximum Gasteiger partial charge on any atom is 0.337 e. The van der Waals surface area contributed by atoms with E-state index in [0.717, 1.165) is 45.6 Å². The summed E-state index contributed by atoms with van der Waals surface area (Å²) in [5.74, 6) is -1.03. The van der Waals surface area contributed by atoms with Gasteiger partial charge in [0.1, 0.15) is 42.7 Å². The highest BCUT2D eigenvalue weighted by atomic mass is 16.8. The first-order chi connectivity index (χ1) is 26.4. The van der Waals surface area contributed by atoms with Crippen molar-refractivity contribution in [3.63, 3.8) is 0 Å². The third-order valence-corrected chi connectivity index (χ3v) is 17.0. The van der Waals surface area contributed by atoms with Gasteiger partial charge in [-0.25, -0.2) is 4.79 Å². The van der Waals surface area contributed by atoms with Gasteiger partial charge in [-0.1, -0.05) is 73.1 Å². The summed E-state index contributed by atoms with van der Waals surface area (Å²) < 4.78 is 29.1. The molecule has 324 valence electrons. The predicted octanol–water partition coefficient (Wildman–Crippen LogP) is 1.86. The maximum atomic E-state index is 12.8. The van der Waals surface area contributed by atoms with Gasteiger partial charge >= 0.3 is 5.97 Å². The van der Waals surface area contributed by atoms with Crippen LogP contribution in [0.3, 0.4) is 0 Å².